The van der Waals surface area contributed by atoms with Gasteiger partial charge in [-0.2, -0.15) is 10.2 Å². The molecule has 2 aromatic heterocycles. The van der Waals surface area contributed by atoms with Crippen LogP contribution in [0.2, 0.25) is 5.02 Å². The molecule has 3 rings (SSSR count). The number of hydrogen-bond acceptors (Lipinski definition) is 3. The number of hydrogen-bond donors (Lipinski definition) is 1. The molecule has 0 aliphatic rings. The van der Waals surface area contributed by atoms with Crippen LogP contribution in [0.3, 0.4) is 0 Å². The smallest absolute Gasteiger partial charge is 0.226 e. The van der Waals surface area contributed by atoms with Gasteiger partial charge in [0, 0.05) is 25.4 Å². The predicted molar refractivity (Wildman–Crippen MR) is 97.7 cm³/mol. The first-order chi connectivity index (χ1) is 12.0. The zero-order valence-corrected chi connectivity index (χ0v) is 15.0. The fourth-order valence-corrected chi connectivity index (χ4v) is 2.67. The largest absolute Gasteiger partial charge is 0.323 e. The maximum atomic E-state index is 12.1. The summed E-state index contributed by atoms with van der Waals surface area (Å²) in [5.74, 6) is -0.0836. The monoisotopic (exact) mass is 357 g/mol. The number of aryl methyl sites for hydroxylation is 3. The van der Waals surface area contributed by atoms with Gasteiger partial charge < -0.3 is 5.32 Å². The second-order valence-corrected chi connectivity index (χ2v) is 6.38. The number of halogens is 1. The first-order valence-electron chi connectivity index (χ1n) is 8.07. The Bertz CT molecular complexity index is 864. The summed E-state index contributed by atoms with van der Waals surface area (Å²) in [6.45, 7) is 5.07. The molecule has 2 heterocycles. The van der Waals surface area contributed by atoms with E-state index in [2.05, 4.69) is 34.6 Å². The maximum absolute atomic E-state index is 12.1. The third-order valence-corrected chi connectivity index (χ3v) is 4.34. The summed E-state index contributed by atoms with van der Waals surface area (Å²) < 4.78 is 3.49. The molecule has 0 unspecified atom stereocenters. The summed E-state index contributed by atoms with van der Waals surface area (Å²) in [5.41, 5.74) is 3.87. The van der Waals surface area contributed by atoms with Gasteiger partial charge in [-0.15, -0.1) is 0 Å². The number of aromatic nitrogens is 4. The molecule has 1 amide bonds. The van der Waals surface area contributed by atoms with Crippen LogP contribution in [0.4, 0.5) is 5.69 Å². The number of anilines is 1. The Morgan fingerprint density at radius 2 is 2.00 bits per heavy atom. The van der Waals surface area contributed by atoms with Crippen LogP contribution in [0, 0.1) is 13.8 Å². The van der Waals surface area contributed by atoms with Crippen LogP contribution in [-0.2, 0) is 17.9 Å². The van der Waals surface area contributed by atoms with E-state index in [1.165, 1.54) is 11.1 Å². The van der Waals surface area contributed by atoms with Gasteiger partial charge in [0.2, 0.25) is 5.91 Å². The molecule has 3 aromatic rings. The average Bonchev–Trinajstić information content (AvgIpc) is 3.14. The van der Waals surface area contributed by atoms with Gasteiger partial charge in [-0.1, -0.05) is 35.9 Å². The maximum Gasteiger partial charge on any atom is 0.226 e. The van der Waals surface area contributed by atoms with Crippen molar-refractivity contribution in [2.24, 2.45) is 0 Å². The summed E-state index contributed by atoms with van der Waals surface area (Å²) in [4.78, 5) is 12.1. The average molecular weight is 358 g/mol. The number of nitrogens with one attached hydrogen (secondary N) is 1. The Hall–Kier alpha value is -2.60. The predicted octanol–water partition coefficient (Wildman–Crippen LogP) is 3.43. The lowest BCUT2D eigenvalue weighted by Crippen LogP contribution is -2.14. The molecule has 0 saturated heterocycles. The van der Waals surface area contributed by atoms with Gasteiger partial charge in [-0.05, 0) is 25.0 Å². The van der Waals surface area contributed by atoms with Crippen molar-refractivity contribution in [3.05, 3.63) is 64.7 Å². The highest BCUT2D eigenvalue weighted by molar-refractivity contribution is 6.31. The van der Waals surface area contributed by atoms with Crippen LogP contribution in [-0.4, -0.2) is 25.5 Å². The Balaban J connectivity index is 1.54. The third-order valence-electron chi connectivity index (χ3n) is 3.97. The first kappa shape index (κ1) is 17.2. The molecule has 0 atom stereocenters. The minimum absolute atomic E-state index is 0.0836. The van der Waals surface area contributed by atoms with Crippen LogP contribution in [0.15, 0.2) is 42.9 Å². The van der Waals surface area contributed by atoms with Gasteiger partial charge in [0.05, 0.1) is 29.1 Å². The minimum atomic E-state index is -0.0836. The van der Waals surface area contributed by atoms with Crippen LogP contribution < -0.4 is 5.32 Å². The fourth-order valence-electron chi connectivity index (χ4n) is 2.52. The zero-order chi connectivity index (χ0) is 17.8. The summed E-state index contributed by atoms with van der Waals surface area (Å²) in [6, 6.07) is 8.18. The van der Waals surface area contributed by atoms with E-state index in [4.69, 9.17) is 11.6 Å². The number of benzene rings is 1. The molecule has 0 radical (unpaired) electrons. The molecule has 130 valence electrons. The Morgan fingerprint density at radius 1 is 1.20 bits per heavy atom. The molecule has 0 bridgehead atoms. The van der Waals surface area contributed by atoms with E-state index in [1.807, 2.05) is 29.9 Å². The molecule has 6 nitrogen and oxygen atoms in total. The van der Waals surface area contributed by atoms with Gasteiger partial charge >= 0.3 is 0 Å². The van der Waals surface area contributed by atoms with Gasteiger partial charge in [0.1, 0.15) is 0 Å². The normalized spacial score (nSPS) is 10.8. The lowest BCUT2D eigenvalue weighted by atomic mass is 10.1. The number of carbonyl (C=O) groups is 1. The van der Waals surface area contributed by atoms with Crippen LogP contribution >= 0.6 is 11.6 Å². The summed E-state index contributed by atoms with van der Waals surface area (Å²) >= 11 is 5.96. The molecule has 0 spiro atoms. The third kappa shape index (κ3) is 4.48. The van der Waals surface area contributed by atoms with Crippen molar-refractivity contribution in [3.8, 4) is 0 Å². The van der Waals surface area contributed by atoms with E-state index >= 15 is 0 Å². The van der Waals surface area contributed by atoms with Crippen molar-refractivity contribution in [1.82, 2.24) is 19.6 Å². The molecule has 0 fully saturated rings. The van der Waals surface area contributed by atoms with E-state index in [1.54, 1.807) is 17.1 Å². The van der Waals surface area contributed by atoms with E-state index in [0.29, 0.717) is 30.2 Å². The molecule has 1 aromatic carbocycles. The quantitative estimate of drug-likeness (QED) is 0.735. The van der Waals surface area contributed by atoms with E-state index < -0.39 is 0 Å². The summed E-state index contributed by atoms with van der Waals surface area (Å²) in [7, 11) is 0. The molecule has 0 saturated carbocycles. The van der Waals surface area contributed by atoms with Gasteiger partial charge in [0.25, 0.3) is 0 Å². The highest BCUT2D eigenvalue weighted by Gasteiger charge is 2.08. The van der Waals surface area contributed by atoms with Crippen LogP contribution in [0.1, 0.15) is 23.2 Å². The number of carbonyl (C=O) groups excluding carboxylic acids is 1. The Kier molecular flexibility index (Phi) is 5.19. The molecule has 1 N–H and O–H groups in total. The van der Waals surface area contributed by atoms with Crippen LogP contribution in [0.5, 0.6) is 0 Å². The Labute approximate surface area is 151 Å². The topological polar surface area (TPSA) is 64.7 Å². The van der Waals surface area contributed by atoms with Crippen LogP contribution in [0.25, 0.3) is 0 Å². The van der Waals surface area contributed by atoms with Gasteiger partial charge in [-0.25, -0.2) is 0 Å². The standard InChI is InChI=1S/C18H20ClN5O/c1-13-5-3-4-6-15(13)10-24-11-16(9-20-24)21-18(25)7-8-23-12-17(19)14(2)22-23/h3-6,9,11-12H,7-8,10H2,1-2H3,(H,21,25). The SMILES string of the molecule is Cc1ccccc1Cn1cc(NC(=O)CCn2cc(Cl)c(C)n2)cn1. The molecular formula is C18H20ClN5O. The van der Waals surface area contributed by atoms with Crippen molar-refractivity contribution in [3.63, 3.8) is 0 Å². The van der Waals surface area contributed by atoms with E-state index in [-0.39, 0.29) is 5.91 Å². The highest BCUT2D eigenvalue weighted by Crippen LogP contribution is 2.13. The summed E-state index contributed by atoms with van der Waals surface area (Å²) in [6.07, 6.45) is 5.54. The molecule has 7 heteroatoms. The van der Waals surface area contributed by atoms with E-state index in [0.717, 1.165) is 5.69 Å². The number of nitrogens with zero attached hydrogens (tertiary/aromatic N) is 4. The minimum Gasteiger partial charge on any atom is -0.323 e. The number of rotatable bonds is 6. The Morgan fingerprint density at radius 3 is 2.72 bits per heavy atom. The second kappa shape index (κ2) is 7.53. The molecular weight excluding hydrogens is 338 g/mol. The number of amides is 1. The van der Waals surface area contributed by atoms with Crippen molar-refractivity contribution < 1.29 is 4.79 Å². The molecule has 0 aliphatic heterocycles. The van der Waals surface area contributed by atoms with Crippen molar-refractivity contribution in [1.29, 1.82) is 0 Å². The fraction of sp³-hybridized carbons (Fsp3) is 0.278. The summed E-state index contributed by atoms with van der Waals surface area (Å²) in [5, 5.41) is 12.0. The molecule has 25 heavy (non-hydrogen) atoms. The lowest BCUT2D eigenvalue weighted by Gasteiger charge is -2.05. The van der Waals surface area contributed by atoms with Gasteiger partial charge in [0.15, 0.2) is 0 Å². The highest BCUT2D eigenvalue weighted by atomic mass is 35.5. The molecule has 0 aliphatic carbocycles. The van der Waals surface area contributed by atoms with Crippen molar-refractivity contribution >= 4 is 23.2 Å². The van der Waals surface area contributed by atoms with E-state index in [9.17, 15) is 4.79 Å². The second-order valence-electron chi connectivity index (χ2n) is 5.98. The lowest BCUT2D eigenvalue weighted by molar-refractivity contribution is -0.116. The van der Waals surface area contributed by atoms with Crippen molar-refractivity contribution in [2.45, 2.75) is 33.4 Å². The van der Waals surface area contributed by atoms with Crippen molar-refractivity contribution in [2.75, 3.05) is 5.32 Å². The first-order valence-corrected chi connectivity index (χ1v) is 8.45. The zero-order valence-electron chi connectivity index (χ0n) is 14.2. The van der Waals surface area contributed by atoms with Gasteiger partial charge in [-0.3, -0.25) is 14.2 Å².